The number of ether oxygens (including phenoxy) is 2. The number of nitrogens with zero attached hydrogens (tertiary/aromatic N) is 1. The number of carbonyl (C=O) groups excluding carboxylic acids is 1. The predicted octanol–water partition coefficient (Wildman–Crippen LogP) is 2.64. The van der Waals surface area contributed by atoms with Gasteiger partial charge in [-0.3, -0.25) is 0 Å². The maximum Gasteiger partial charge on any atom is 0.338 e. The Labute approximate surface area is 133 Å². The molecular formula is C17H15FN2O3. The van der Waals surface area contributed by atoms with Gasteiger partial charge >= 0.3 is 5.97 Å². The highest BCUT2D eigenvalue weighted by Gasteiger charge is 2.37. The lowest BCUT2D eigenvalue weighted by molar-refractivity contribution is -0.138. The number of rotatable bonds is 4. The van der Waals surface area contributed by atoms with Crippen molar-refractivity contribution in [3.8, 4) is 6.07 Å². The van der Waals surface area contributed by atoms with E-state index in [9.17, 15) is 14.4 Å². The topological polar surface area (TPSA) is 85.3 Å². The van der Waals surface area contributed by atoms with Gasteiger partial charge < -0.3 is 15.2 Å². The second kappa shape index (κ2) is 6.79. The van der Waals surface area contributed by atoms with Crippen LogP contribution < -0.4 is 5.73 Å². The van der Waals surface area contributed by atoms with Crippen molar-refractivity contribution in [3.05, 3.63) is 71.1 Å². The van der Waals surface area contributed by atoms with Crippen LogP contribution in [0.3, 0.4) is 0 Å². The smallest absolute Gasteiger partial charge is 0.338 e. The Morgan fingerprint density at radius 2 is 2.26 bits per heavy atom. The summed E-state index contributed by atoms with van der Waals surface area (Å²) >= 11 is 0. The Kier molecular flexibility index (Phi) is 4.82. The van der Waals surface area contributed by atoms with E-state index in [0.717, 1.165) is 0 Å². The molecule has 6 heteroatoms. The molecule has 1 heterocycles. The number of esters is 1. The molecule has 5 nitrogen and oxygen atoms in total. The summed E-state index contributed by atoms with van der Waals surface area (Å²) in [6.45, 7) is 4.97. The van der Waals surface area contributed by atoms with Gasteiger partial charge in [0, 0.05) is 5.56 Å². The second-order valence-electron chi connectivity index (χ2n) is 4.80. The first-order valence-corrected chi connectivity index (χ1v) is 6.82. The minimum Gasteiger partial charge on any atom is -0.458 e. The molecule has 0 amide bonds. The highest BCUT2D eigenvalue weighted by atomic mass is 19.1. The number of carbonyl (C=O) groups is 1. The fourth-order valence-corrected chi connectivity index (χ4v) is 2.38. The van der Waals surface area contributed by atoms with Crippen molar-refractivity contribution in [2.75, 3.05) is 6.61 Å². The van der Waals surface area contributed by atoms with Gasteiger partial charge in [0.15, 0.2) is 0 Å². The van der Waals surface area contributed by atoms with Crippen LogP contribution in [0.5, 0.6) is 0 Å². The molecule has 1 aromatic rings. The third kappa shape index (κ3) is 3.09. The average Bonchev–Trinajstić information content (AvgIpc) is 2.52. The molecule has 1 aliphatic rings. The Balaban J connectivity index is 2.60. The van der Waals surface area contributed by atoms with Crippen molar-refractivity contribution in [1.82, 2.24) is 0 Å². The van der Waals surface area contributed by atoms with Crippen LogP contribution in [0.1, 0.15) is 18.4 Å². The van der Waals surface area contributed by atoms with Crippen LogP contribution in [0.25, 0.3) is 0 Å². The number of allylic oxidation sites excluding steroid dienone is 2. The van der Waals surface area contributed by atoms with Gasteiger partial charge in [-0.15, -0.1) is 0 Å². The van der Waals surface area contributed by atoms with E-state index < -0.39 is 17.7 Å². The van der Waals surface area contributed by atoms with Crippen LogP contribution in [-0.4, -0.2) is 12.6 Å². The number of benzene rings is 1. The Morgan fingerprint density at radius 3 is 2.87 bits per heavy atom. The van der Waals surface area contributed by atoms with Gasteiger partial charge in [0.05, 0.1) is 11.5 Å². The molecule has 0 aliphatic carbocycles. The third-order valence-electron chi connectivity index (χ3n) is 3.37. The molecule has 1 aliphatic heterocycles. The van der Waals surface area contributed by atoms with E-state index in [-0.39, 0.29) is 35.0 Å². The van der Waals surface area contributed by atoms with Crippen molar-refractivity contribution < 1.29 is 18.7 Å². The monoisotopic (exact) mass is 314 g/mol. The van der Waals surface area contributed by atoms with Crippen molar-refractivity contribution in [2.24, 2.45) is 5.73 Å². The van der Waals surface area contributed by atoms with Crippen molar-refractivity contribution >= 4 is 5.97 Å². The van der Waals surface area contributed by atoms with E-state index in [0.29, 0.717) is 0 Å². The van der Waals surface area contributed by atoms with Crippen LogP contribution in [0, 0.1) is 17.1 Å². The van der Waals surface area contributed by atoms with E-state index in [1.54, 1.807) is 6.07 Å². The molecule has 0 saturated heterocycles. The van der Waals surface area contributed by atoms with E-state index >= 15 is 0 Å². The standard InChI is InChI=1S/C17H15FN2O3/c1-3-8-22-17(21)14-10(2)23-16(20)12(9-19)15(14)11-6-4-5-7-13(11)18/h3-7,15H,1,8,20H2,2H3. The zero-order chi connectivity index (χ0) is 17.0. The lowest BCUT2D eigenvalue weighted by atomic mass is 9.83. The molecular weight excluding hydrogens is 299 g/mol. The molecule has 1 unspecified atom stereocenters. The van der Waals surface area contributed by atoms with Crippen LogP contribution in [0.2, 0.25) is 0 Å². The zero-order valence-electron chi connectivity index (χ0n) is 12.5. The van der Waals surface area contributed by atoms with Gasteiger partial charge in [-0.2, -0.15) is 5.26 Å². The van der Waals surface area contributed by atoms with Gasteiger partial charge in [0.2, 0.25) is 5.88 Å². The van der Waals surface area contributed by atoms with Gasteiger partial charge in [-0.1, -0.05) is 30.9 Å². The van der Waals surface area contributed by atoms with E-state index in [1.165, 1.54) is 31.2 Å². The van der Waals surface area contributed by atoms with Gasteiger partial charge in [-0.25, -0.2) is 9.18 Å². The summed E-state index contributed by atoms with van der Waals surface area (Å²) in [5.74, 6) is -2.23. The maximum absolute atomic E-state index is 14.2. The second-order valence-corrected chi connectivity index (χ2v) is 4.80. The average molecular weight is 314 g/mol. The number of hydrogen-bond donors (Lipinski definition) is 1. The molecule has 0 saturated carbocycles. The summed E-state index contributed by atoms with van der Waals surface area (Å²) in [4.78, 5) is 12.3. The largest absolute Gasteiger partial charge is 0.458 e. The maximum atomic E-state index is 14.2. The first-order valence-electron chi connectivity index (χ1n) is 6.82. The molecule has 2 N–H and O–H groups in total. The molecule has 23 heavy (non-hydrogen) atoms. The summed E-state index contributed by atoms with van der Waals surface area (Å²) in [6.07, 6.45) is 1.41. The fourth-order valence-electron chi connectivity index (χ4n) is 2.38. The Hall–Kier alpha value is -3.07. The van der Waals surface area contributed by atoms with Crippen LogP contribution in [-0.2, 0) is 14.3 Å². The van der Waals surface area contributed by atoms with Crippen LogP contribution >= 0.6 is 0 Å². The van der Waals surface area contributed by atoms with Gasteiger partial charge in [-0.05, 0) is 13.0 Å². The zero-order valence-corrected chi connectivity index (χ0v) is 12.5. The lowest BCUT2D eigenvalue weighted by Gasteiger charge is -2.27. The summed E-state index contributed by atoms with van der Waals surface area (Å²) in [5.41, 5.74) is 5.89. The summed E-state index contributed by atoms with van der Waals surface area (Å²) in [7, 11) is 0. The highest BCUT2D eigenvalue weighted by Crippen LogP contribution is 2.40. The molecule has 0 bridgehead atoms. The molecule has 1 aromatic carbocycles. The molecule has 0 spiro atoms. The fraction of sp³-hybridized carbons (Fsp3) is 0.176. The number of nitriles is 1. The first kappa shape index (κ1) is 16.3. The Bertz CT molecular complexity index is 759. The van der Waals surface area contributed by atoms with Gasteiger partial charge in [0.25, 0.3) is 0 Å². The third-order valence-corrected chi connectivity index (χ3v) is 3.37. The quantitative estimate of drug-likeness (QED) is 0.682. The predicted molar refractivity (Wildman–Crippen MR) is 80.9 cm³/mol. The minimum absolute atomic E-state index is 0.0132. The Morgan fingerprint density at radius 1 is 1.57 bits per heavy atom. The molecule has 1 atom stereocenters. The SMILES string of the molecule is C=CCOC(=O)C1=C(C)OC(N)=C(C#N)C1c1ccccc1F. The highest BCUT2D eigenvalue weighted by molar-refractivity contribution is 5.92. The van der Waals surface area contributed by atoms with Crippen LogP contribution in [0.15, 0.2) is 59.7 Å². The minimum atomic E-state index is -0.979. The number of halogens is 1. The molecule has 118 valence electrons. The normalized spacial score (nSPS) is 17.3. The lowest BCUT2D eigenvalue weighted by Crippen LogP contribution is -2.26. The van der Waals surface area contributed by atoms with E-state index in [1.807, 2.05) is 6.07 Å². The van der Waals surface area contributed by atoms with Crippen LogP contribution in [0.4, 0.5) is 4.39 Å². The number of hydrogen-bond acceptors (Lipinski definition) is 5. The van der Waals surface area contributed by atoms with Crippen molar-refractivity contribution in [1.29, 1.82) is 5.26 Å². The summed E-state index contributed by atoms with van der Waals surface area (Å²) < 4.78 is 24.5. The molecule has 0 fully saturated rings. The van der Waals surface area contributed by atoms with Crippen molar-refractivity contribution in [3.63, 3.8) is 0 Å². The summed E-state index contributed by atoms with van der Waals surface area (Å²) in [5, 5.41) is 9.36. The molecule has 0 radical (unpaired) electrons. The van der Waals surface area contributed by atoms with E-state index in [2.05, 4.69) is 6.58 Å². The number of nitrogens with two attached hydrogens (primary N) is 1. The van der Waals surface area contributed by atoms with E-state index in [4.69, 9.17) is 15.2 Å². The molecule has 0 aromatic heterocycles. The summed E-state index contributed by atoms with van der Waals surface area (Å²) in [6, 6.07) is 7.76. The van der Waals surface area contributed by atoms with Gasteiger partial charge in [0.1, 0.15) is 29.8 Å². The first-order chi connectivity index (χ1) is 11.0. The molecule has 2 rings (SSSR count). The van der Waals surface area contributed by atoms with Crippen molar-refractivity contribution in [2.45, 2.75) is 12.8 Å².